The van der Waals surface area contributed by atoms with Crippen LogP contribution in [0.25, 0.3) is 0 Å². The van der Waals surface area contributed by atoms with Gasteiger partial charge in [-0.15, -0.1) is 11.8 Å². The van der Waals surface area contributed by atoms with Crippen LogP contribution in [0.3, 0.4) is 0 Å². The van der Waals surface area contributed by atoms with Crippen LogP contribution >= 0.6 is 11.8 Å². The molecule has 6 nitrogen and oxygen atoms in total. The first-order valence-electron chi connectivity index (χ1n) is 5.84. The Hall–Kier alpha value is -1.26. The Morgan fingerprint density at radius 3 is 3.00 bits per heavy atom. The second-order valence-electron chi connectivity index (χ2n) is 4.17. The van der Waals surface area contributed by atoms with Gasteiger partial charge in [-0.05, 0) is 12.8 Å². The maximum absolute atomic E-state index is 12.0. The molecule has 0 aromatic heterocycles. The summed E-state index contributed by atoms with van der Waals surface area (Å²) in [5.41, 5.74) is 5.80. The number of carbonyl (C=O) groups is 2. The lowest BCUT2D eigenvalue weighted by atomic mass is 10.2. The van der Waals surface area contributed by atoms with Gasteiger partial charge in [0.2, 0.25) is 11.8 Å². The summed E-state index contributed by atoms with van der Waals surface area (Å²) >= 11 is 1.40. The molecule has 0 saturated carbocycles. The largest absolute Gasteiger partial charge is 0.347 e. The van der Waals surface area contributed by atoms with Crippen LogP contribution < -0.4 is 11.1 Å². The van der Waals surface area contributed by atoms with Crippen LogP contribution in [0.4, 0.5) is 0 Å². The van der Waals surface area contributed by atoms with Gasteiger partial charge in [0.15, 0.2) is 0 Å². The quantitative estimate of drug-likeness (QED) is 0.526. The first kappa shape index (κ1) is 14.8. The second-order valence-corrected chi connectivity index (χ2v) is 5.20. The molecule has 0 radical (unpaired) electrons. The van der Waals surface area contributed by atoms with Gasteiger partial charge in [0.25, 0.3) is 0 Å². The van der Waals surface area contributed by atoms with Gasteiger partial charge in [0, 0.05) is 19.2 Å². The van der Waals surface area contributed by atoms with Gasteiger partial charge in [0.05, 0.1) is 18.0 Å². The van der Waals surface area contributed by atoms with E-state index < -0.39 is 6.04 Å². The van der Waals surface area contributed by atoms with Crippen LogP contribution in [-0.4, -0.2) is 47.0 Å². The SMILES string of the molecule is CC(=O)NCSC[C@H](N)C(=O)N1CCC[C@H]1C#N. The predicted molar refractivity (Wildman–Crippen MR) is 69.5 cm³/mol. The summed E-state index contributed by atoms with van der Waals surface area (Å²) in [7, 11) is 0. The fourth-order valence-electron chi connectivity index (χ4n) is 1.79. The number of nitrogens with two attached hydrogens (primary N) is 1. The van der Waals surface area contributed by atoms with E-state index in [9.17, 15) is 9.59 Å². The van der Waals surface area contributed by atoms with Crippen LogP contribution in [0.15, 0.2) is 0 Å². The first-order valence-corrected chi connectivity index (χ1v) is 6.99. The second kappa shape index (κ2) is 7.24. The zero-order valence-corrected chi connectivity index (χ0v) is 11.2. The van der Waals surface area contributed by atoms with E-state index in [-0.39, 0.29) is 17.9 Å². The molecule has 100 valence electrons. The molecule has 1 rings (SSSR count). The van der Waals surface area contributed by atoms with E-state index in [1.54, 1.807) is 4.90 Å². The Labute approximate surface area is 111 Å². The molecule has 3 N–H and O–H groups in total. The van der Waals surface area contributed by atoms with Gasteiger partial charge in [-0.3, -0.25) is 9.59 Å². The minimum absolute atomic E-state index is 0.105. The Kier molecular flexibility index (Phi) is 5.95. The number of nitrogens with zero attached hydrogens (tertiary/aromatic N) is 2. The van der Waals surface area contributed by atoms with Crippen molar-refractivity contribution in [1.29, 1.82) is 5.26 Å². The minimum Gasteiger partial charge on any atom is -0.347 e. The first-order chi connectivity index (χ1) is 8.56. The van der Waals surface area contributed by atoms with Gasteiger partial charge in [-0.1, -0.05) is 0 Å². The number of hydrogen-bond donors (Lipinski definition) is 2. The summed E-state index contributed by atoms with van der Waals surface area (Å²) in [5, 5.41) is 11.5. The Bertz CT molecular complexity index is 355. The summed E-state index contributed by atoms with van der Waals surface area (Å²) in [4.78, 5) is 24.2. The molecule has 0 aromatic carbocycles. The Morgan fingerprint density at radius 2 is 2.39 bits per heavy atom. The summed E-state index contributed by atoms with van der Waals surface area (Å²) in [6, 6.07) is 1.17. The van der Waals surface area contributed by atoms with Crippen molar-refractivity contribution in [3.63, 3.8) is 0 Å². The number of nitriles is 1. The molecule has 0 aliphatic carbocycles. The molecule has 1 fully saturated rings. The monoisotopic (exact) mass is 270 g/mol. The van der Waals surface area contributed by atoms with E-state index in [2.05, 4.69) is 11.4 Å². The van der Waals surface area contributed by atoms with Crippen molar-refractivity contribution in [2.24, 2.45) is 5.73 Å². The van der Waals surface area contributed by atoms with Crippen molar-refractivity contribution in [1.82, 2.24) is 10.2 Å². The lowest BCUT2D eigenvalue weighted by Crippen LogP contribution is -2.47. The van der Waals surface area contributed by atoms with Crippen molar-refractivity contribution < 1.29 is 9.59 Å². The van der Waals surface area contributed by atoms with Crippen molar-refractivity contribution in [3.05, 3.63) is 0 Å². The van der Waals surface area contributed by atoms with Crippen LogP contribution in [-0.2, 0) is 9.59 Å². The van der Waals surface area contributed by atoms with E-state index in [0.29, 0.717) is 18.2 Å². The number of thioether (sulfide) groups is 1. The lowest BCUT2D eigenvalue weighted by Gasteiger charge is -2.23. The number of nitrogens with one attached hydrogen (secondary N) is 1. The summed E-state index contributed by atoms with van der Waals surface area (Å²) in [6.45, 7) is 2.05. The van der Waals surface area contributed by atoms with Crippen molar-refractivity contribution in [2.75, 3.05) is 18.2 Å². The molecule has 1 heterocycles. The molecule has 1 aliphatic rings. The summed E-state index contributed by atoms with van der Waals surface area (Å²) in [5.74, 6) is 0.604. The molecule has 7 heteroatoms. The summed E-state index contributed by atoms with van der Waals surface area (Å²) < 4.78 is 0. The third kappa shape index (κ3) is 4.20. The van der Waals surface area contributed by atoms with Crippen molar-refractivity contribution in [2.45, 2.75) is 31.8 Å². The van der Waals surface area contributed by atoms with E-state index in [1.165, 1.54) is 18.7 Å². The maximum atomic E-state index is 12.0. The molecular formula is C11H18N4O2S. The highest BCUT2D eigenvalue weighted by Gasteiger charge is 2.31. The lowest BCUT2D eigenvalue weighted by molar-refractivity contribution is -0.132. The van der Waals surface area contributed by atoms with Crippen molar-refractivity contribution in [3.8, 4) is 6.07 Å². The van der Waals surface area contributed by atoms with E-state index in [4.69, 9.17) is 11.0 Å². The van der Waals surface area contributed by atoms with Gasteiger partial charge in [-0.2, -0.15) is 5.26 Å². The van der Waals surface area contributed by atoms with Crippen LogP contribution in [0.5, 0.6) is 0 Å². The molecule has 0 aromatic rings. The molecule has 2 atom stereocenters. The topological polar surface area (TPSA) is 99.2 Å². The molecule has 0 bridgehead atoms. The van der Waals surface area contributed by atoms with Crippen molar-refractivity contribution >= 4 is 23.6 Å². The molecule has 2 amide bonds. The third-order valence-corrected chi connectivity index (χ3v) is 3.67. The molecule has 0 unspecified atom stereocenters. The molecule has 1 aliphatic heterocycles. The van der Waals surface area contributed by atoms with Gasteiger partial charge < -0.3 is 16.0 Å². The number of amides is 2. The zero-order valence-electron chi connectivity index (χ0n) is 10.4. The third-order valence-electron chi connectivity index (χ3n) is 2.72. The van der Waals surface area contributed by atoms with Gasteiger partial charge in [-0.25, -0.2) is 0 Å². The van der Waals surface area contributed by atoms with Gasteiger partial charge >= 0.3 is 0 Å². The van der Waals surface area contributed by atoms with Gasteiger partial charge in [0.1, 0.15) is 6.04 Å². The number of carbonyl (C=O) groups excluding carboxylic acids is 2. The van der Waals surface area contributed by atoms with Crippen LogP contribution in [0.1, 0.15) is 19.8 Å². The molecule has 1 saturated heterocycles. The fraction of sp³-hybridized carbons (Fsp3) is 0.727. The maximum Gasteiger partial charge on any atom is 0.241 e. The molecular weight excluding hydrogens is 252 g/mol. The number of hydrogen-bond acceptors (Lipinski definition) is 5. The average molecular weight is 270 g/mol. The van der Waals surface area contributed by atoms with Crippen LogP contribution in [0.2, 0.25) is 0 Å². The van der Waals surface area contributed by atoms with E-state index >= 15 is 0 Å². The molecule has 0 spiro atoms. The highest BCUT2D eigenvalue weighted by atomic mass is 32.2. The average Bonchev–Trinajstić information content (AvgIpc) is 2.81. The minimum atomic E-state index is -0.613. The highest BCUT2D eigenvalue weighted by molar-refractivity contribution is 7.99. The fourth-order valence-corrected chi connectivity index (χ4v) is 2.61. The summed E-state index contributed by atoms with van der Waals surface area (Å²) in [6.07, 6.45) is 1.59. The van der Waals surface area contributed by atoms with E-state index in [0.717, 1.165) is 12.8 Å². The molecule has 18 heavy (non-hydrogen) atoms. The Balaban J connectivity index is 2.33. The standard InChI is InChI=1S/C11H18N4O2S/c1-8(16)14-7-18-6-10(13)11(17)15-4-2-3-9(15)5-12/h9-10H,2-4,6-7,13H2,1H3,(H,14,16)/t9-,10-/m0/s1. The predicted octanol–water partition coefficient (Wildman–Crippen LogP) is -0.345. The van der Waals surface area contributed by atoms with Crippen LogP contribution in [0, 0.1) is 11.3 Å². The number of likely N-dealkylation sites (tertiary alicyclic amines) is 1. The number of rotatable bonds is 5. The normalized spacial score (nSPS) is 20.3. The van der Waals surface area contributed by atoms with E-state index in [1.807, 2.05) is 0 Å². The zero-order chi connectivity index (χ0) is 13.5. The highest BCUT2D eigenvalue weighted by Crippen LogP contribution is 2.17. The smallest absolute Gasteiger partial charge is 0.241 e. The Morgan fingerprint density at radius 1 is 1.67 bits per heavy atom.